The summed E-state index contributed by atoms with van der Waals surface area (Å²) in [5.41, 5.74) is 2.95. The van der Waals surface area contributed by atoms with Crippen molar-refractivity contribution in [2.75, 3.05) is 32.7 Å². The Morgan fingerprint density at radius 3 is 2.31 bits per heavy atom. The fourth-order valence-corrected chi connectivity index (χ4v) is 4.05. The van der Waals surface area contributed by atoms with Crippen LogP contribution in [-0.4, -0.2) is 64.9 Å². The molecule has 0 bridgehead atoms. The summed E-state index contributed by atoms with van der Waals surface area (Å²) in [6.07, 6.45) is 5.95. The lowest BCUT2D eigenvalue weighted by atomic mass is 9.96. The molecule has 1 saturated heterocycles. The van der Waals surface area contributed by atoms with Gasteiger partial charge in [-0.1, -0.05) is 19.3 Å². The monoisotopic (exact) mass is 360 g/mol. The molecule has 1 saturated carbocycles. The number of Topliss-reactive ketones (excluding diaryl/α,β-unsaturated/α-hetero) is 1. The number of carbonyl (C=O) groups is 2. The van der Waals surface area contributed by atoms with Gasteiger partial charge in [0.2, 0.25) is 0 Å². The number of amides is 2. The van der Waals surface area contributed by atoms with Crippen molar-refractivity contribution in [3.05, 3.63) is 23.0 Å². The van der Waals surface area contributed by atoms with Gasteiger partial charge < -0.3 is 14.8 Å². The molecule has 0 spiro atoms. The zero-order valence-electron chi connectivity index (χ0n) is 16.4. The van der Waals surface area contributed by atoms with Crippen molar-refractivity contribution in [1.29, 1.82) is 0 Å². The lowest BCUT2D eigenvalue weighted by Gasteiger charge is -2.35. The lowest BCUT2D eigenvalue weighted by Crippen LogP contribution is -2.54. The van der Waals surface area contributed by atoms with Crippen molar-refractivity contribution in [3.8, 4) is 0 Å². The van der Waals surface area contributed by atoms with Gasteiger partial charge in [0.15, 0.2) is 5.78 Å². The van der Waals surface area contributed by atoms with E-state index in [1.54, 1.807) is 0 Å². The Morgan fingerprint density at radius 1 is 1.08 bits per heavy atom. The fourth-order valence-electron chi connectivity index (χ4n) is 4.05. The summed E-state index contributed by atoms with van der Waals surface area (Å²) < 4.78 is 2.06. The first-order valence-corrected chi connectivity index (χ1v) is 9.89. The third-order valence-electron chi connectivity index (χ3n) is 6.04. The van der Waals surface area contributed by atoms with E-state index in [2.05, 4.69) is 14.8 Å². The van der Waals surface area contributed by atoms with Gasteiger partial charge in [0.1, 0.15) is 0 Å². The van der Waals surface area contributed by atoms with Crippen LogP contribution in [0, 0.1) is 13.8 Å². The van der Waals surface area contributed by atoms with Gasteiger partial charge in [-0.25, -0.2) is 4.79 Å². The van der Waals surface area contributed by atoms with Crippen LogP contribution in [0.5, 0.6) is 0 Å². The van der Waals surface area contributed by atoms with Gasteiger partial charge in [-0.15, -0.1) is 0 Å². The number of aryl methyl sites for hydroxylation is 1. The molecule has 1 N–H and O–H groups in total. The topological polar surface area (TPSA) is 57.6 Å². The maximum absolute atomic E-state index is 12.6. The van der Waals surface area contributed by atoms with E-state index in [-0.39, 0.29) is 11.8 Å². The minimum Gasteiger partial charge on any atom is -0.351 e. The number of ketones is 1. The molecule has 144 valence electrons. The minimum absolute atomic E-state index is 0.0670. The molecule has 2 heterocycles. The van der Waals surface area contributed by atoms with Crippen LogP contribution in [0.3, 0.4) is 0 Å². The average molecular weight is 361 g/mol. The Morgan fingerprint density at radius 2 is 1.73 bits per heavy atom. The highest BCUT2D eigenvalue weighted by atomic mass is 16.2. The Hall–Kier alpha value is -1.82. The maximum atomic E-state index is 12.6. The molecule has 2 aliphatic rings. The number of rotatable bonds is 4. The van der Waals surface area contributed by atoms with Crippen molar-refractivity contribution in [1.82, 2.24) is 19.7 Å². The van der Waals surface area contributed by atoms with E-state index in [0.29, 0.717) is 25.7 Å². The average Bonchev–Trinajstić information content (AvgIpc) is 2.90. The quantitative estimate of drug-likeness (QED) is 0.840. The van der Waals surface area contributed by atoms with E-state index >= 15 is 0 Å². The standard InChI is InChI=1S/C20H32N4O2/c1-15-13-18(16(2)22(15)3)19(25)14-23-9-11-24(12-10-23)20(26)21-17-7-5-4-6-8-17/h13,17H,4-12,14H2,1-3H3,(H,21,26). The zero-order chi connectivity index (χ0) is 18.7. The van der Waals surface area contributed by atoms with Gasteiger partial charge in [0.05, 0.1) is 6.54 Å². The van der Waals surface area contributed by atoms with Crippen LogP contribution in [0.1, 0.15) is 53.8 Å². The molecule has 3 rings (SSSR count). The largest absolute Gasteiger partial charge is 0.351 e. The van der Waals surface area contributed by atoms with Gasteiger partial charge in [-0.05, 0) is 32.8 Å². The summed E-state index contributed by atoms with van der Waals surface area (Å²) in [7, 11) is 1.99. The SMILES string of the molecule is Cc1cc(C(=O)CN2CCN(C(=O)NC3CCCCC3)CC2)c(C)n1C. The highest BCUT2D eigenvalue weighted by Crippen LogP contribution is 2.18. The van der Waals surface area contributed by atoms with Crippen molar-refractivity contribution < 1.29 is 9.59 Å². The number of nitrogens with one attached hydrogen (secondary N) is 1. The summed E-state index contributed by atoms with van der Waals surface area (Å²) in [4.78, 5) is 29.1. The summed E-state index contributed by atoms with van der Waals surface area (Å²) in [5, 5.41) is 3.19. The zero-order valence-corrected chi connectivity index (χ0v) is 16.4. The minimum atomic E-state index is 0.0670. The summed E-state index contributed by atoms with van der Waals surface area (Å²) >= 11 is 0. The second kappa shape index (κ2) is 8.25. The number of urea groups is 1. The second-order valence-electron chi connectivity index (χ2n) is 7.81. The van der Waals surface area contributed by atoms with Crippen molar-refractivity contribution in [2.45, 2.75) is 52.0 Å². The number of piperazine rings is 1. The van der Waals surface area contributed by atoms with E-state index in [9.17, 15) is 9.59 Å². The smallest absolute Gasteiger partial charge is 0.317 e. The van der Waals surface area contributed by atoms with Gasteiger partial charge in [-0.2, -0.15) is 0 Å². The lowest BCUT2D eigenvalue weighted by molar-refractivity contribution is 0.0875. The maximum Gasteiger partial charge on any atom is 0.317 e. The first kappa shape index (κ1) is 19.0. The highest BCUT2D eigenvalue weighted by Gasteiger charge is 2.25. The molecule has 1 aromatic heterocycles. The van der Waals surface area contributed by atoms with Crippen LogP contribution in [0.4, 0.5) is 4.79 Å². The number of nitrogens with zero attached hydrogens (tertiary/aromatic N) is 3. The normalized spacial score (nSPS) is 19.6. The number of hydrogen-bond acceptors (Lipinski definition) is 3. The molecular weight excluding hydrogens is 328 g/mol. The molecule has 0 unspecified atom stereocenters. The Balaban J connectivity index is 1.46. The Kier molecular flexibility index (Phi) is 6.01. The van der Waals surface area contributed by atoms with Crippen LogP contribution in [0.2, 0.25) is 0 Å². The van der Waals surface area contributed by atoms with E-state index in [1.165, 1.54) is 19.3 Å². The van der Waals surface area contributed by atoms with Crippen LogP contribution >= 0.6 is 0 Å². The van der Waals surface area contributed by atoms with E-state index < -0.39 is 0 Å². The van der Waals surface area contributed by atoms with E-state index in [0.717, 1.165) is 42.9 Å². The van der Waals surface area contributed by atoms with Crippen molar-refractivity contribution in [3.63, 3.8) is 0 Å². The molecule has 2 fully saturated rings. The molecule has 6 heteroatoms. The van der Waals surface area contributed by atoms with Crippen LogP contribution in [-0.2, 0) is 7.05 Å². The second-order valence-corrected chi connectivity index (χ2v) is 7.81. The van der Waals surface area contributed by atoms with Crippen LogP contribution in [0.25, 0.3) is 0 Å². The summed E-state index contributed by atoms with van der Waals surface area (Å²) in [6.45, 7) is 7.35. The molecule has 0 radical (unpaired) electrons. The Bertz CT molecular complexity index is 653. The fraction of sp³-hybridized carbons (Fsp3) is 0.700. The van der Waals surface area contributed by atoms with E-state index in [1.807, 2.05) is 31.9 Å². The number of hydrogen-bond donors (Lipinski definition) is 1. The van der Waals surface area contributed by atoms with Gasteiger partial charge >= 0.3 is 6.03 Å². The summed E-state index contributed by atoms with van der Waals surface area (Å²) in [6, 6.07) is 2.39. The van der Waals surface area contributed by atoms with Crippen molar-refractivity contribution in [2.24, 2.45) is 7.05 Å². The molecule has 0 aromatic carbocycles. The predicted molar refractivity (Wildman–Crippen MR) is 103 cm³/mol. The third kappa shape index (κ3) is 4.29. The highest BCUT2D eigenvalue weighted by molar-refractivity contribution is 5.99. The third-order valence-corrected chi connectivity index (χ3v) is 6.04. The van der Waals surface area contributed by atoms with E-state index in [4.69, 9.17) is 0 Å². The molecule has 26 heavy (non-hydrogen) atoms. The van der Waals surface area contributed by atoms with Gasteiger partial charge in [-0.3, -0.25) is 9.69 Å². The summed E-state index contributed by atoms with van der Waals surface area (Å²) in [5.74, 6) is 0.173. The molecule has 2 amide bonds. The molecule has 1 aliphatic carbocycles. The predicted octanol–water partition coefficient (Wildman–Crippen LogP) is 2.48. The molecular formula is C20H32N4O2. The van der Waals surface area contributed by atoms with Crippen LogP contribution in [0.15, 0.2) is 6.07 Å². The first-order valence-electron chi connectivity index (χ1n) is 9.89. The van der Waals surface area contributed by atoms with Crippen LogP contribution < -0.4 is 5.32 Å². The first-order chi connectivity index (χ1) is 12.5. The van der Waals surface area contributed by atoms with Gasteiger partial charge in [0, 0.05) is 56.2 Å². The molecule has 0 atom stereocenters. The Labute approximate surface area is 156 Å². The molecule has 1 aromatic rings. The number of carbonyl (C=O) groups excluding carboxylic acids is 2. The number of aromatic nitrogens is 1. The molecule has 6 nitrogen and oxygen atoms in total. The van der Waals surface area contributed by atoms with Crippen molar-refractivity contribution >= 4 is 11.8 Å². The molecule has 1 aliphatic heterocycles. The van der Waals surface area contributed by atoms with Gasteiger partial charge in [0.25, 0.3) is 0 Å².